The summed E-state index contributed by atoms with van der Waals surface area (Å²) in [5, 5.41) is 3.82. The first-order valence-corrected chi connectivity index (χ1v) is 7.98. The molecule has 1 aliphatic rings. The zero-order chi connectivity index (χ0) is 17.0. The molecule has 1 N–H and O–H groups in total. The predicted molar refractivity (Wildman–Crippen MR) is 90.1 cm³/mol. The first-order valence-electron chi connectivity index (χ1n) is 7.23. The highest BCUT2D eigenvalue weighted by atomic mass is 35.5. The van der Waals surface area contributed by atoms with Gasteiger partial charge in [-0.25, -0.2) is 9.89 Å². The van der Waals surface area contributed by atoms with Crippen LogP contribution in [-0.4, -0.2) is 37.0 Å². The highest BCUT2D eigenvalue weighted by Gasteiger charge is 2.36. The van der Waals surface area contributed by atoms with Crippen LogP contribution >= 0.6 is 23.2 Å². The fourth-order valence-electron chi connectivity index (χ4n) is 2.20. The number of anilines is 1. The van der Waals surface area contributed by atoms with Gasteiger partial charge in [-0.3, -0.25) is 9.59 Å². The molecular formula is C15H17Cl2N3O3. The number of carbonyl (C=O) groups is 2. The molecule has 1 unspecified atom stereocenters. The molecule has 1 saturated heterocycles. The van der Waals surface area contributed by atoms with Crippen LogP contribution in [-0.2, 0) is 14.3 Å². The number of nitrogens with one attached hydrogen (secondary N) is 1. The summed E-state index contributed by atoms with van der Waals surface area (Å²) < 4.78 is 4.84. The highest BCUT2D eigenvalue weighted by molar-refractivity contribution is 6.35. The van der Waals surface area contributed by atoms with Gasteiger partial charge in [0.25, 0.3) is 5.91 Å². The monoisotopic (exact) mass is 357 g/mol. The van der Waals surface area contributed by atoms with Crippen molar-refractivity contribution in [2.75, 3.05) is 18.1 Å². The van der Waals surface area contributed by atoms with Crippen LogP contribution in [0.15, 0.2) is 23.2 Å². The summed E-state index contributed by atoms with van der Waals surface area (Å²) >= 11 is 12.0. The Morgan fingerprint density at radius 2 is 1.96 bits per heavy atom. The summed E-state index contributed by atoms with van der Waals surface area (Å²) in [6.45, 7) is 3.70. The van der Waals surface area contributed by atoms with Crippen molar-refractivity contribution in [3.63, 3.8) is 0 Å². The van der Waals surface area contributed by atoms with Crippen molar-refractivity contribution in [2.24, 2.45) is 4.99 Å². The number of hydrogen-bond acceptors (Lipinski definition) is 4. The molecule has 2 rings (SSSR count). The summed E-state index contributed by atoms with van der Waals surface area (Å²) in [5.74, 6) is -0.347. The normalized spacial score (nSPS) is 19.1. The molecule has 1 aromatic rings. The molecule has 6 nitrogen and oxygen atoms in total. The minimum Gasteiger partial charge on any atom is -0.465 e. The zero-order valence-electron chi connectivity index (χ0n) is 12.8. The van der Waals surface area contributed by atoms with Gasteiger partial charge in [-0.2, -0.15) is 0 Å². The van der Waals surface area contributed by atoms with Gasteiger partial charge >= 0.3 is 5.97 Å². The molecule has 0 aromatic heterocycles. The summed E-state index contributed by atoms with van der Waals surface area (Å²) in [5.41, 5.74) is 0.499. The molecule has 124 valence electrons. The number of nitrogens with zero attached hydrogens (tertiary/aromatic N) is 2. The van der Waals surface area contributed by atoms with Gasteiger partial charge in [-0.05, 0) is 31.5 Å². The fourth-order valence-corrected chi connectivity index (χ4v) is 2.71. The van der Waals surface area contributed by atoms with E-state index in [2.05, 4.69) is 10.3 Å². The van der Waals surface area contributed by atoms with E-state index in [0.29, 0.717) is 22.2 Å². The summed E-state index contributed by atoms with van der Waals surface area (Å²) in [7, 11) is 0. The summed E-state index contributed by atoms with van der Waals surface area (Å²) in [6.07, 6.45) is 0.585. The van der Waals surface area contributed by atoms with Gasteiger partial charge in [0.05, 0.1) is 12.3 Å². The van der Waals surface area contributed by atoms with Crippen LogP contribution in [0.25, 0.3) is 0 Å². The molecule has 1 atom stereocenters. The topological polar surface area (TPSA) is 71.0 Å². The maximum atomic E-state index is 12.5. The number of esters is 1. The van der Waals surface area contributed by atoms with Gasteiger partial charge in [0, 0.05) is 10.0 Å². The van der Waals surface area contributed by atoms with Crippen LogP contribution in [0.1, 0.15) is 20.3 Å². The number of rotatable bonds is 5. The van der Waals surface area contributed by atoms with E-state index in [0.717, 1.165) is 0 Å². The number of aliphatic imine (C=N–C) groups is 1. The second-order valence-corrected chi connectivity index (χ2v) is 5.72. The van der Waals surface area contributed by atoms with Crippen LogP contribution in [0.5, 0.6) is 0 Å². The molecule has 1 aliphatic heterocycles. The van der Waals surface area contributed by atoms with Crippen molar-refractivity contribution in [1.29, 1.82) is 0 Å². The van der Waals surface area contributed by atoms with Crippen molar-refractivity contribution in [1.82, 2.24) is 5.32 Å². The van der Waals surface area contributed by atoms with Crippen LogP contribution in [0.2, 0.25) is 10.0 Å². The molecular weight excluding hydrogens is 341 g/mol. The molecule has 0 spiro atoms. The van der Waals surface area contributed by atoms with Gasteiger partial charge in [-0.1, -0.05) is 30.1 Å². The Kier molecular flexibility index (Phi) is 5.85. The first-order chi connectivity index (χ1) is 11.0. The van der Waals surface area contributed by atoms with E-state index in [4.69, 9.17) is 27.9 Å². The van der Waals surface area contributed by atoms with Crippen LogP contribution in [0.4, 0.5) is 5.69 Å². The number of ether oxygens (including phenoxy) is 1. The number of benzene rings is 1. The Hall–Kier alpha value is -1.79. The van der Waals surface area contributed by atoms with Crippen molar-refractivity contribution < 1.29 is 14.3 Å². The Labute approximate surface area is 144 Å². The van der Waals surface area contributed by atoms with Gasteiger partial charge in [0.2, 0.25) is 5.96 Å². The number of guanidine groups is 1. The van der Waals surface area contributed by atoms with Crippen molar-refractivity contribution in [3.8, 4) is 0 Å². The van der Waals surface area contributed by atoms with E-state index >= 15 is 0 Å². The molecule has 8 heteroatoms. The molecule has 0 aliphatic carbocycles. The van der Waals surface area contributed by atoms with Gasteiger partial charge in [0.1, 0.15) is 12.6 Å². The predicted octanol–water partition coefficient (Wildman–Crippen LogP) is 2.63. The Morgan fingerprint density at radius 1 is 1.30 bits per heavy atom. The van der Waals surface area contributed by atoms with Crippen LogP contribution in [0, 0.1) is 0 Å². The molecule has 1 aromatic carbocycles. The van der Waals surface area contributed by atoms with Crippen LogP contribution < -0.4 is 10.2 Å². The lowest BCUT2D eigenvalue weighted by Crippen LogP contribution is -2.33. The van der Waals surface area contributed by atoms with E-state index < -0.39 is 12.0 Å². The van der Waals surface area contributed by atoms with E-state index in [9.17, 15) is 9.59 Å². The van der Waals surface area contributed by atoms with Gasteiger partial charge in [0.15, 0.2) is 0 Å². The number of carbonyl (C=O) groups excluding carboxylic acids is 2. The number of hydrogen-bond donors (Lipinski definition) is 1. The molecule has 0 radical (unpaired) electrons. The fraction of sp³-hybridized carbons (Fsp3) is 0.400. The van der Waals surface area contributed by atoms with Crippen molar-refractivity contribution in [3.05, 3.63) is 28.2 Å². The van der Waals surface area contributed by atoms with Crippen LogP contribution in [0.3, 0.4) is 0 Å². The number of halogens is 2. The summed E-state index contributed by atoms with van der Waals surface area (Å²) in [6, 6.07) is 4.40. The second kappa shape index (κ2) is 7.66. The Balaban J connectivity index is 2.33. The molecule has 1 amide bonds. The van der Waals surface area contributed by atoms with Gasteiger partial charge < -0.3 is 10.1 Å². The summed E-state index contributed by atoms with van der Waals surface area (Å²) in [4.78, 5) is 29.5. The van der Waals surface area contributed by atoms with E-state index in [1.165, 1.54) is 4.90 Å². The van der Waals surface area contributed by atoms with E-state index in [-0.39, 0.29) is 25.0 Å². The third-order valence-electron chi connectivity index (χ3n) is 3.21. The SMILES string of the molecule is CCOC(=O)CN=C1NC(CC)C(=O)N1c1cc(Cl)cc(Cl)c1. The first kappa shape index (κ1) is 17.6. The minimum atomic E-state index is -0.460. The smallest absolute Gasteiger partial charge is 0.327 e. The maximum Gasteiger partial charge on any atom is 0.327 e. The third-order valence-corrected chi connectivity index (χ3v) is 3.65. The molecule has 0 bridgehead atoms. The number of amides is 1. The second-order valence-electron chi connectivity index (χ2n) is 4.85. The lowest BCUT2D eigenvalue weighted by molar-refractivity contribution is -0.141. The minimum absolute atomic E-state index is 0.173. The molecule has 23 heavy (non-hydrogen) atoms. The standard InChI is InChI=1S/C15H17Cl2N3O3/c1-3-12-14(22)20(11-6-9(16)5-10(17)7-11)15(19-12)18-8-13(21)23-4-2/h5-7,12H,3-4,8H2,1-2H3,(H,18,19). The highest BCUT2D eigenvalue weighted by Crippen LogP contribution is 2.28. The lowest BCUT2D eigenvalue weighted by atomic mass is 10.2. The van der Waals surface area contributed by atoms with Crippen molar-refractivity contribution >= 4 is 46.7 Å². The molecule has 1 fully saturated rings. The third kappa shape index (κ3) is 4.14. The molecule has 1 heterocycles. The van der Waals surface area contributed by atoms with Gasteiger partial charge in [-0.15, -0.1) is 0 Å². The Morgan fingerprint density at radius 3 is 2.52 bits per heavy atom. The van der Waals surface area contributed by atoms with E-state index in [1.807, 2.05) is 6.92 Å². The maximum absolute atomic E-state index is 12.5. The average Bonchev–Trinajstić information content (AvgIpc) is 2.80. The largest absolute Gasteiger partial charge is 0.465 e. The average molecular weight is 358 g/mol. The van der Waals surface area contributed by atoms with Crippen molar-refractivity contribution in [2.45, 2.75) is 26.3 Å². The zero-order valence-corrected chi connectivity index (χ0v) is 14.3. The molecule has 0 saturated carbocycles. The Bertz CT molecular complexity index is 629. The van der Waals surface area contributed by atoms with E-state index in [1.54, 1.807) is 25.1 Å². The lowest BCUT2D eigenvalue weighted by Gasteiger charge is -2.16. The quantitative estimate of drug-likeness (QED) is 0.822.